The second-order valence-corrected chi connectivity index (χ2v) is 10.9. The van der Waals surface area contributed by atoms with Crippen LogP contribution in [0.3, 0.4) is 0 Å². The first-order valence-corrected chi connectivity index (χ1v) is 14.4. The van der Waals surface area contributed by atoms with Gasteiger partial charge in [0.25, 0.3) is 0 Å². The van der Waals surface area contributed by atoms with Crippen molar-refractivity contribution in [3.05, 3.63) is 140 Å². The lowest BCUT2D eigenvalue weighted by atomic mass is 9.98. The highest BCUT2D eigenvalue weighted by molar-refractivity contribution is 6.16. The van der Waals surface area contributed by atoms with Gasteiger partial charge in [-0.05, 0) is 62.6 Å². The van der Waals surface area contributed by atoms with Crippen molar-refractivity contribution in [3.8, 4) is 34.2 Å². The van der Waals surface area contributed by atoms with Crippen molar-refractivity contribution in [3.63, 3.8) is 0 Å². The summed E-state index contributed by atoms with van der Waals surface area (Å²) in [6.07, 6.45) is 0. The van der Waals surface area contributed by atoms with Gasteiger partial charge in [0.15, 0.2) is 17.5 Å². The minimum atomic E-state index is 0.640. The van der Waals surface area contributed by atoms with Crippen LogP contribution < -0.4 is 0 Å². The quantitative estimate of drug-likeness (QED) is 0.206. The van der Waals surface area contributed by atoms with Gasteiger partial charge in [-0.1, -0.05) is 109 Å². The Morgan fingerprint density at radius 1 is 0.326 bits per heavy atom. The van der Waals surface area contributed by atoms with Crippen molar-refractivity contribution in [2.45, 2.75) is 0 Å². The Hall–Kier alpha value is -5.87. The van der Waals surface area contributed by atoms with E-state index in [2.05, 4.69) is 97.1 Å². The molecule has 0 aliphatic heterocycles. The maximum Gasteiger partial charge on any atom is 0.164 e. The smallest absolute Gasteiger partial charge is 0.164 e. The number of hydrogen-bond acceptors (Lipinski definition) is 4. The molecule has 0 atom stereocenters. The average molecular weight is 550 g/mol. The van der Waals surface area contributed by atoms with Gasteiger partial charge >= 0.3 is 0 Å². The molecule has 0 N–H and O–H groups in total. The van der Waals surface area contributed by atoms with Crippen LogP contribution in [0.15, 0.2) is 144 Å². The van der Waals surface area contributed by atoms with Crippen LogP contribution in [0.4, 0.5) is 0 Å². The normalized spacial score (nSPS) is 11.7. The van der Waals surface area contributed by atoms with Crippen LogP contribution in [0, 0.1) is 0 Å². The summed E-state index contributed by atoms with van der Waals surface area (Å²) in [7, 11) is 0. The minimum absolute atomic E-state index is 0.640. The Morgan fingerprint density at radius 2 is 0.930 bits per heavy atom. The highest BCUT2D eigenvalue weighted by Gasteiger charge is 2.15. The molecule has 4 heteroatoms. The molecular formula is C39H23N3O. The molecule has 0 saturated heterocycles. The van der Waals surface area contributed by atoms with E-state index in [0.717, 1.165) is 60.2 Å². The molecule has 0 saturated carbocycles. The summed E-state index contributed by atoms with van der Waals surface area (Å²) in [6.45, 7) is 0. The largest absolute Gasteiger partial charge is 0.456 e. The Morgan fingerprint density at radius 3 is 1.77 bits per heavy atom. The lowest BCUT2D eigenvalue weighted by molar-refractivity contribution is 0.669. The van der Waals surface area contributed by atoms with E-state index >= 15 is 0 Å². The van der Waals surface area contributed by atoms with Gasteiger partial charge in [-0.3, -0.25) is 0 Å². The zero-order valence-corrected chi connectivity index (χ0v) is 23.0. The van der Waals surface area contributed by atoms with Crippen LogP contribution in [0.2, 0.25) is 0 Å². The third kappa shape index (κ3) is 3.96. The fraction of sp³-hybridized carbons (Fsp3) is 0. The fourth-order valence-corrected chi connectivity index (χ4v) is 6.09. The lowest BCUT2D eigenvalue weighted by Crippen LogP contribution is -2.00. The van der Waals surface area contributed by atoms with Gasteiger partial charge in [-0.25, -0.2) is 15.0 Å². The fourth-order valence-electron chi connectivity index (χ4n) is 6.09. The molecule has 200 valence electrons. The van der Waals surface area contributed by atoms with Crippen molar-refractivity contribution < 1.29 is 4.42 Å². The first-order chi connectivity index (χ1) is 21.3. The molecule has 0 aliphatic carbocycles. The third-order valence-electron chi connectivity index (χ3n) is 8.27. The lowest BCUT2D eigenvalue weighted by Gasteiger charge is -2.10. The molecule has 0 spiro atoms. The topological polar surface area (TPSA) is 51.8 Å². The Kier molecular flexibility index (Phi) is 5.16. The van der Waals surface area contributed by atoms with Gasteiger partial charge in [0, 0.05) is 27.5 Å². The van der Waals surface area contributed by atoms with Crippen molar-refractivity contribution >= 4 is 54.3 Å². The van der Waals surface area contributed by atoms with Crippen LogP contribution >= 0.6 is 0 Å². The standard InChI is InChI=1S/C39H23N3O/c1-2-9-26(10-3-1)37-40-38(29-18-14-24-8-4-5-11-27(24)20-29)42-39(41-37)30-19-16-25-15-17-28-21-34-31-12-6-7-13-35(31)43-36(34)23-33(28)32(25)22-30/h1-23H. The number of furan rings is 1. The number of nitrogens with zero attached hydrogens (tertiary/aromatic N) is 3. The predicted molar refractivity (Wildman–Crippen MR) is 176 cm³/mol. The molecule has 0 aliphatic rings. The number of benzene rings is 7. The zero-order valence-electron chi connectivity index (χ0n) is 23.0. The molecule has 43 heavy (non-hydrogen) atoms. The number of para-hydroxylation sites is 1. The maximum absolute atomic E-state index is 6.25. The van der Waals surface area contributed by atoms with E-state index < -0.39 is 0 Å². The molecule has 0 bridgehead atoms. The molecule has 9 aromatic rings. The molecule has 4 nitrogen and oxygen atoms in total. The summed E-state index contributed by atoms with van der Waals surface area (Å²) >= 11 is 0. The first-order valence-electron chi connectivity index (χ1n) is 14.4. The van der Waals surface area contributed by atoms with Crippen molar-refractivity contribution in [2.75, 3.05) is 0 Å². The monoisotopic (exact) mass is 549 g/mol. The summed E-state index contributed by atoms with van der Waals surface area (Å²) < 4.78 is 6.25. The number of fused-ring (bicyclic) bond motifs is 7. The number of aromatic nitrogens is 3. The first kappa shape index (κ1) is 23.8. The summed E-state index contributed by atoms with van der Waals surface area (Å²) in [5, 5.41) is 9.18. The van der Waals surface area contributed by atoms with Gasteiger partial charge < -0.3 is 4.42 Å². The van der Waals surface area contributed by atoms with Crippen LogP contribution in [-0.4, -0.2) is 15.0 Å². The molecule has 0 amide bonds. The van der Waals surface area contributed by atoms with E-state index in [1.807, 2.05) is 42.5 Å². The van der Waals surface area contributed by atoms with Gasteiger partial charge in [0.1, 0.15) is 11.2 Å². The predicted octanol–water partition coefficient (Wildman–Crippen LogP) is 10.2. The van der Waals surface area contributed by atoms with E-state index in [1.165, 1.54) is 10.8 Å². The summed E-state index contributed by atoms with van der Waals surface area (Å²) in [6, 6.07) is 48.2. The van der Waals surface area contributed by atoms with Crippen molar-refractivity contribution in [2.24, 2.45) is 0 Å². The van der Waals surface area contributed by atoms with E-state index in [0.29, 0.717) is 17.5 Å². The van der Waals surface area contributed by atoms with E-state index in [1.54, 1.807) is 0 Å². The second-order valence-electron chi connectivity index (χ2n) is 10.9. The third-order valence-corrected chi connectivity index (χ3v) is 8.27. The summed E-state index contributed by atoms with van der Waals surface area (Å²) in [5.41, 5.74) is 4.63. The number of hydrogen-bond donors (Lipinski definition) is 0. The molecule has 7 aromatic carbocycles. The van der Waals surface area contributed by atoms with Crippen LogP contribution in [-0.2, 0) is 0 Å². The number of rotatable bonds is 3. The Balaban J connectivity index is 1.26. The van der Waals surface area contributed by atoms with Gasteiger partial charge in [0.2, 0.25) is 0 Å². The van der Waals surface area contributed by atoms with Crippen LogP contribution in [0.1, 0.15) is 0 Å². The van der Waals surface area contributed by atoms with Gasteiger partial charge in [-0.2, -0.15) is 0 Å². The zero-order chi connectivity index (χ0) is 28.3. The highest BCUT2D eigenvalue weighted by Crippen LogP contribution is 2.36. The summed E-state index contributed by atoms with van der Waals surface area (Å²) in [5.74, 6) is 1.94. The van der Waals surface area contributed by atoms with E-state index in [9.17, 15) is 0 Å². The molecule has 0 unspecified atom stereocenters. The maximum atomic E-state index is 6.25. The van der Waals surface area contributed by atoms with Gasteiger partial charge in [-0.15, -0.1) is 0 Å². The molecular weight excluding hydrogens is 526 g/mol. The second kappa shape index (κ2) is 9.33. The van der Waals surface area contributed by atoms with Crippen LogP contribution in [0.5, 0.6) is 0 Å². The molecule has 0 radical (unpaired) electrons. The Labute approximate surface area is 246 Å². The molecule has 2 aromatic heterocycles. The Bertz CT molecular complexity index is 2510. The molecule has 0 fully saturated rings. The average Bonchev–Trinajstić information content (AvgIpc) is 3.44. The van der Waals surface area contributed by atoms with E-state index in [-0.39, 0.29) is 0 Å². The summed E-state index contributed by atoms with van der Waals surface area (Å²) in [4.78, 5) is 15.0. The van der Waals surface area contributed by atoms with Crippen molar-refractivity contribution in [1.82, 2.24) is 15.0 Å². The molecule has 2 heterocycles. The van der Waals surface area contributed by atoms with Crippen molar-refractivity contribution in [1.29, 1.82) is 0 Å². The van der Waals surface area contributed by atoms with Gasteiger partial charge in [0.05, 0.1) is 0 Å². The molecule has 9 rings (SSSR count). The SMILES string of the molecule is c1ccc(-c2nc(-c3ccc4ccccc4c3)nc(-c3ccc4ccc5cc6c(cc5c4c3)oc3ccccc36)n2)cc1. The minimum Gasteiger partial charge on any atom is -0.456 e. The van der Waals surface area contributed by atoms with Crippen LogP contribution in [0.25, 0.3) is 88.4 Å². The van der Waals surface area contributed by atoms with E-state index in [4.69, 9.17) is 19.4 Å². The highest BCUT2D eigenvalue weighted by atomic mass is 16.3.